The van der Waals surface area contributed by atoms with E-state index in [9.17, 15) is 0 Å². The van der Waals surface area contributed by atoms with Crippen molar-refractivity contribution < 1.29 is 0 Å². The number of hydrogen-bond acceptors (Lipinski definition) is 2. The van der Waals surface area contributed by atoms with Gasteiger partial charge in [0.15, 0.2) is 0 Å². The number of hydrogen-bond donors (Lipinski definition) is 2. The number of rotatable bonds is 17. The molecule has 61 heavy (non-hydrogen) atoms. The molecule has 3 N–H and O–H groups in total. The van der Waals surface area contributed by atoms with Crippen molar-refractivity contribution in [1.29, 1.82) is 0 Å². The van der Waals surface area contributed by atoms with Crippen molar-refractivity contribution in [3.63, 3.8) is 0 Å². The molecule has 1 aliphatic carbocycles. The van der Waals surface area contributed by atoms with E-state index in [4.69, 9.17) is 10.7 Å². The number of benzene rings is 3. The molecular weight excluding hydrogens is 739 g/mol. The number of aliphatic imine (C=N–C) groups is 1. The maximum absolute atomic E-state index is 6.40. The van der Waals surface area contributed by atoms with E-state index >= 15 is 0 Å². The summed E-state index contributed by atoms with van der Waals surface area (Å²) in [6.07, 6.45) is 30.3. The molecule has 0 saturated carbocycles. The van der Waals surface area contributed by atoms with Crippen LogP contribution in [0, 0.1) is 5.92 Å². The van der Waals surface area contributed by atoms with Crippen LogP contribution in [0.15, 0.2) is 242 Å². The summed E-state index contributed by atoms with van der Waals surface area (Å²) in [6.45, 7) is 36.9. The first-order valence-corrected chi connectivity index (χ1v) is 21.4. The lowest BCUT2D eigenvalue weighted by Gasteiger charge is -2.19. The topological polar surface area (TPSA) is 50.4 Å². The second-order valence-corrected chi connectivity index (χ2v) is 14.1. The molecule has 1 aliphatic rings. The molecule has 3 nitrogen and oxygen atoms in total. The van der Waals surface area contributed by atoms with Crippen molar-refractivity contribution in [2.45, 2.75) is 80.4 Å². The van der Waals surface area contributed by atoms with Crippen LogP contribution in [0.2, 0.25) is 0 Å². The lowest BCUT2D eigenvalue weighted by atomic mass is 9.90. The van der Waals surface area contributed by atoms with Crippen molar-refractivity contribution in [2.24, 2.45) is 16.6 Å². The number of amidine groups is 1. The standard InChI is InChI=1S/C38H41N3.C14H18.C4H8.C2H6/c1-6-9-17-30(5)37(39)41-38(40-28-32-20-14-11-15-21-32)33(8-3)26-36(25-24-31-18-12-10-13-19-31)35-23-16-22-34(27-35)29(4)7-2;1-5-8-11(2)13(4)14-10-7-6-9-12(14)3;1-3-4-2;1-2/h6-23,25-27,29,38,40H,1-3,5,24,28H2,4H3,(H2,39,41);5-10,12H,1H2,2-4H3;3-4H,1-2H3;1-2H3/b17-9-,33-26+,36-25+;11-8+,14-13+;4-3-;. The number of nitrogens with one attached hydrogen (secondary N) is 1. The Kier molecular flexibility index (Phi) is 27.3. The summed E-state index contributed by atoms with van der Waals surface area (Å²) < 4.78 is 0. The van der Waals surface area contributed by atoms with Gasteiger partial charge in [-0.2, -0.15) is 0 Å². The van der Waals surface area contributed by atoms with E-state index in [1.807, 2.05) is 82.3 Å². The third-order valence-corrected chi connectivity index (χ3v) is 9.75. The van der Waals surface area contributed by atoms with Gasteiger partial charge in [-0.15, -0.1) is 6.58 Å². The summed E-state index contributed by atoms with van der Waals surface area (Å²) in [5.74, 6) is 1.11. The molecule has 3 unspecified atom stereocenters. The quantitative estimate of drug-likeness (QED) is 0.0617. The van der Waals surface area contributed by atoms with Gasteiger partial charge in [-0.1, -0.05) is 224 Å². The van der Waals surface area contributed by atoms with Crippen LogP contribution in [0.1, 0.15) is 83.6 Å². The fraction of sp³-hybridized carbons (Fsp3) is 0.224. The van der Waals surface area contributed by atoms with Crippen molar-refractivity contribution in [2.75, 3.05) is 0 Å². The second kappa shape index (κ2) is 31.6. The molecule has 0 radical (unpaired) electrons. The lowest BCUT2D eigenvalue weighted by Crippen LogP contribution is -2.31. The monoisotopic (exact) mass is 812 g/mol. The van der Waals surface area contributed by atoms with Gasteiger partial charge in [0.25, 0.3) is 0 Å². The van der Waals surface area contributed by atoms with Crippen LogP contribution in [-0.4, -0.2) is 12.0 Å². The summed E-state index contributed by atoms with van der Waals surface area (Å²) in [5.41, 5.74) is 17.8. The van der Waals surface area contributed by atoms with Crippen molar-refractivity contribution in [1.82, 2.24) is 5.32 Å². The highest BCUT2D eigenvalue weighted by molar-refractivity contribution is 5.99. The van der Waals surface area contributed by atoms with Gasteiger partial charge < -0.3 is 5.73 Å². The first kappa shape index (κ1) is 52.7. The zero-order valence-electron chi connectivity index (χ0n) is 38.4. The maximum atomic E-state index is 6.40. The zero-order chi connectivity index (χ0) is 45.4. The summed E-state index contributed by atoms with van der Waals surface area (Å²) in [4.78, 5) is 4.86. The van der Waals surface area contributed by atoms with E-state index in [2.05, 4.69) is 169 Å². The normalized spacial score (nSPS) is 15.8. The van der Waals surface area contributed by atoms with Gasteiger partial charge in [0, 0.05) is 12.1 Å². The Balaban J connectivity index is 0.000000768. The molecule has 3 atom stereocenters. The van der Waals surface area contributed by atoms with Crippen molar-refractivity contribution in [3.8, 4) is 0 Å². The predicted octanol–water partition coefficient (Wildman–Crippen LogP) is 15.3. The van der Waals surface area contributed by atoms with E-state index in [0.29, 0.717) is 23.9 Å². The lowest BCUT2D eigenvalue weighted by molar-refractivity contribution is 0.598. The van der Waals surface area contributed by atoms with Gasteiger partial charge in [-0.25, -0.2) is 4.99 Å². The molecule has 3 aromatic rings. The van der Waals surface area contributed by atoms with E-state index in [1.165, 1.54) is 27.8 Å². The molecule has 320 valence electrons. The Labute approximate surface area is 371 Å². The molecule has 0 heterocycles. The van der Waals surface area contributed by atoms with Crippen LogP contribution in [0.3, 0.4) is 0 Å². The molecule has 0 fully saturated rings. The molecular formula is C58H73N3. The Morgan fingerprint density at radius 2 is 1.49 bits per heavy atom. The molecule has 0 aliphatic heterocycles. The fourth-order valence-electron chi connectivity index (χ4n) is 5.85. The maximum Gasteiger partial charge on any atom is 0.128 e. The molecule has 3 aromatic carbocycles. The predicted molar refractivity (Wildman–Crippen MR) is 275 cm³/mol. The Morgan fingerprint density at radius 1 is 0.852 bits per heavy atom. The summed E-state index contributed by atoms with van der Waals surface area (Å²) in [5, 5.41) is 3.57. The molecule has 0 bridgehead atoms. The minimum absolute atomic E-state index is 0.243. The number of allylic oxidation sites excluding steroid dienone is 17. The molecule has 0 spiro atoms. The van der Waals surface area contributed by atoms with Crippen LogP contribution in [-0.2, 0) is 13.0 Å². The highest BCUT2D eigenvalue weighted by Gasteiger charge is 2.14. The molecule has 3 heteroatoms. The van der Waals surface area contributed by atoms with Crippen LogP contribution < -0.4 is 11.1 Å². The first-order chi connectivity index (χ1) is 29.5. The third kappa shape index (κ3) is 20.0. The summed E-state index contributed by atoms with van der Waals surface area (Å²) in [7, 11) is 0. The number of nitrogens with two attached hydrogens (primary N) is 1. The van der Waals surface area contributed by atoms with E-state index in [0.717, 1.165) is 28.7 Å². The van der Waals surface area contributed by atoms with Crippen LogP contribution in [0.5, 0.6) is 0 Å². The Hall–Kier alpha value is -6.29. The van der Waals surface area contributed by atoms with E-state index in [1.54, 1.807) is 18.2 Å². The summed E-state index contributed by atoms with van der Waals surface area (Å²) in [6, 6.07) is 29.3. The van der Waals surface area contributed by atoms with Crippen molar-refractivity contribution in [3.05, 3.63) is 259 Å². The Morgan fingerprint density at radius 3 is 2.05 bits per heavy atom. The van der Waals surface area contributed by atoms with Gasteiger partial charge in [0.1, 0.15) is 12.0 Å². The molecule has 0 aromatic heterocycles. The minimum atomic E-state index is -0.447. The fourth-order valence-corrected chi connectivity index (χ4v) is 5.85. The van der Waals surface area contributed by atoms with Crippen LogP contribution in [0.4, 0.5) is 0 Å². The largest absolute Gasteiger partial charge is 0.383 e. The van der Waals surface area contributed by atoms with E-state index in [-0.39, 0.29) is 5.92 Å². The second-order valence-electron chi connectivity index (χ2n) is 14.1. The zero-order valence-corrected chi connectivity index (χ0v) is 38.4. The smallest absolute Gasteiger partial charge is 0.128 e. The highest BCUT2D eigenvalue weighted by Crippen LogP contribution is 2.27. The minimum Gasteiger partial charge on any atom is -0.383 e. The summed E-state index contributed by atoms with van der Waals surface area (Å²) >= 11 is 0. The van der Waals surface area contributed by atoms with Gasteiger partial charge >= 0.3 is 0 Å². The molecule has 4 rings (SSSR count). The Bertz CT molecular complexity index is 2090. The SMILES string of the molecule is C/C=C\C.C=C/C=C(C)/C(C)=C1\C=CC=CC1C.C=C/C=C\C(=C)/C(N)=N/C(NCc1ccccc1)/C(C=C)=C/C(=C\Cc1ccccc1)c1cccc(C(C)C=C)c1.CC. The van der Waals surface area contributed by atoms with Gasteiger partial charge in [0.2, 0.25) is 0 Å². The third-order valence-electron chi connectivity index (χ3n) is 9.75. The first-order valence-electron chi connectivity index (χ1n) is 21.4. The van der Waals surface area contributed by atoms with E-state index < -0.39 is 6.17 Å². The van der Waals surface area contributed by atoms with Gasteiger partial charge in [-0.05, 0) is 102 Å². The average Bonchev–Trinajstić information content (AvgIpc) is 3.31. The van der Waals surface area contributed by atoms with Gasteiger partial charge in [-0.3, -0.25) is 5.32 Å². The van der Waals surface area contributed by atoms with Crippen molar-refractivity contribution >= 4 is 11.4 Å². The average molecular weight is 812 g/mol. The van der Waals surface area contributed by atoms with Gasteiger partial charge in [0.05, 0.1) is 0 Å². The van der Waals surface area contributed by atoms with Crippen LogP contribution in [0.25, 0.3) is 5.57 Å². The highest BCUT2D eigenvalue weighted by atomic mass is 15.1. The number of nitrogens with zero attached hydrogens (tertiary/aromatic N) is 1. The van der Waals surface area contributed by atoms with Crippen LogP contribution >= 0.6 is 0 Å². The molecule has 0 amide bonds. The molecule has 0 saturated heterocycles.